The van der Waals surface area contributed by atoms with E-state index in [1.165, 1.54) is 16.9 Å². The Morgan fingerprint density at radius 3 is 2.79 bits per heavy atom. The number of fused-ring (bicyclic) bond motifs is 3. The maximum atomic E-state index is 13.4. The van der Waals surface area contributed by atoms with E-state index >= 15 is 0 Å². The molecule has 33 heavy (non-hydrogen) atoms. The molecule has 1 saturated carbocycles. The smallest absolute Gasteiger partial charge is 0.262 e. The zero-order chi connectivity index (χ0) is 23.0. The Bertz CT molecular complexity index is 1420. The maximum absolute atomic E-state index is 13.4. The fourth-order valence-electron chi connectivity index (χ4n) is 4.91. The van der Waals surface area contributed by atoms with Gasteiger partial charge in [0.25, 0.3) is 5.91 Å². The Morgan fingerprint density at radius 1 is 1.24 bits per heavy atom. The van der Waals surface area contributed by atoms with Crippen LogP contribution in [0, 0.1) is 5.82 Å². The number of nitrogens with one attached hydrogen (secondary N) is 1. The molecular formula is C22H22FN7O3. The standard InChI is InChI=1S/C22H22FN7O3/c1-12(2)33-19-14(18(31)26-15-5-25-30-6-13(23)4-24-17(15)30)7-29-8-16(27-20(29)28-19)22-9-21(3,10-22)32-11-22/h4-8,12H,9-11H2,1-3H3,(H,26,31). The molecule has 1 N–H and O–H groups in total. The average molecular weight is 451 g/mol. The van der Waals surface area contributed by atoms with Gasteiger partial charge in [-0.25, -0.2) is 18.9 Å². The number of imidazole rings is 1. The summed E-state index contributed by atoms with van der Waals surface area (Å²) in [5, 5.41) is 6.82. The van der Waals surface area contributed by atoms with Crippen molar-refractivity contribution >= 4 is 23.0 Å². The maximum Gasteiger partial charge on any atom is 0.262 e. The monoisotopic (exact) mass is 451 g/mol. The van der Waals surface area contributed by atoms with Crippen LogP contribution in [0.4, 0.5) is 10.1 Å². The van der Waals surface area contributed by atoms with E-state index in [9.17, 15) is 9.18 Å². The third kappa shape index (κ3) is 3.14. The number of amides is 1. The van der Waals surface area contributed by atoms with Gasteiger partial charge in [0.15, 0.2) is 11.5 Å². The van der Waals surface area contributed by atoms with Crippen molar-refractivity contribution in [2.75, 3.05) is 11.9 Å². The van der Waals surface area contributed by atoms with Crippen molar-refractivity contribution in [3.8, 4) is 5.88 Å². The summed E-state index contributed by atoms with van der Waals surface area (Å²) in [7, 11) is 0. The molecule has 2 bridgehead atoms. The minimum Gasteiger partial charge on any atom is -0.474 e. The normalized spacial score (nSPS) is 23.9. The van der Waals surface area contributed by atoms with Gasteiger partial charge in [-0.15, -0.1) is 0 Å². The quantitative estimate of drug-likeness (QED) is 0.497. The van der Waals surface area contributed by atoms with E-state index in [0.29, 0.717) is 23.7 Å². The molecular weight excluding hydrogens is 429 g/mol. The van der Waals surface area contributed by atoms with Gasteiger partial charge in [0.1, 0.15) is 11.3 Å². The zero-order valence-electron chi connectivity index (χ0n) is 18.4. The number of nitrogens with zero attached hydrogens (tertiary/aromatic N) is 6. The lowest BCUT2D eigenvalue weighted by atomic mass is 9.62. The second-order valence-electron chi connectivity index (χ2n) is 9.38. The number of carbonyl (C=O) groups excluding carboxylic acids is 1. The predicted octanol–water partition coefficient (Wildman–Crippen LogP) is 2.77. The van der Waals surface area contributed by atoms with Crippen LogP contribution in [0.5, 0.6) is 5.88 Å². The molecule has 6 heterocycles. The lowest BCUT2D eigenvalue weighted by molar-refractivity contribution is 0.0154. The van der Waals surface area contributed by atoms with Gasteiger partial charge in [-0.1, -0.05) is 0 Å². The van der Waals surface area contributed by atoms with Crippen molar-refractivity contribution in [3.05, 3.63) is 48.1 Å². The molecule has 3 aliphatic rings. The Morgan fingerprint density at radius 2 is 2.06 bits per heavy atom. The number of aromatic nitrogens is 6. The first-order valence-corrected chi connectivity index (χ1v) is 10.7. The van der Waals surface area contributed by atoms with Crippen LogP contribution in [0.2, 0.25) is 0 Å². The number of anilines is 1. The van der Waals surface area contributed by atoms with Crippen LogP contribution in [0.1, 0.15) is 49.7 Å². The summed E-state index contributed by atoms with van der Waals surface area (Å²) in [5.74, 6) is -0.336. The molecule has 2 aliphatic heterocycles. The van der Waals surface area contributed by atoms with Crippen LogP contribution in [0.15, 0.2) is 31.0 Å². The van der Waals surface area contributed by atoms with Crippen LogP contribution < -0.4 is 10.1 Å². The molecule has 4 aromatic rings. The SMILES string of the molecule is CC(C)Oc1nc2nc(C34COC(C)(C3)C4)cn2cc1C(=O)Nc1cnn2cc(F)cnc12. The van der Waals surface area contributed by atoms with Gasteiger partial charge in [0.2, 0.25) is 11.7 Å². The summed E-state index contributed by atoms with van der Waals surface area (Å²) in [6.45, 7) is 6.47. The van der Waals surface area contributed by atoms with Gasteiger partial charge < -0.3 is 14.8 Å². The van der Waals surface area contributed by atoms with E-state index in [1.54, 1.807) is 10.6 Å². The summed E-state index contributed by atoms with van der Waals surface area (Å²) in [6.07, 6.45) is 8.89. The van der Waals surface area contributed by atoms with Crippen LogP contribution in [-0.4, -0.2) is 53.2 Å². The van der Waals surface area contributed by atoms with Crippen molar-refractivity contribution in [2.45, 2.75) is 50.7 Å². The fraction of sp³-hybridized carbons (Fsp3) is 0.409. The summed E-state index contributed by atoms with van der Waals surface area (Å²) in [6, 6.07) is 0. The highest BCUT2D eigenvalue weighted by Crippen LogP contribution is 2.58. The molecule has 0 radical (unpaired) electrons. The van der Waals surface area contributed by atoms with E-state index in [1.807, 2.05) is 20.0 Å². The van der Waals surface area contributed by atoms with Gasteiger partial charge in [-0.05, 0) is 33.6 Å². The van der Waals surface area contributed by atoms with Gasteiger partial charge in [0, 0.05) is 17.8 Å². The average Bonchev–Trinajstić information content (AvgIpc) is 3.48. The lowest BCUT2D eigenvalue weighted by Gasteiger charge is -2.41. The van der Waals surface area contributed by atoms with Gasteiger partial charge >= 0.3 is 0 Å². The predicted molar refractivity (Wildman–Crippen MR) is 115 cm³/mol. The number of hydrogen-bond donors (Lipinski definition) is 1. The Balaban J connectivity index is 1.37. The summed E-state index contributed by atoms with van der Waals surface area (Å²) in [4.78, 5) is 26.5. The molecule has 170 valence electrons. The van der Waals surface area contributed by atoms with Crippen molar-refractivity contribution in [3.63, 3.8) is 0 Å². The third-order valence-electron chi connectivity index (χ3n) is 6.24. The molecule has 0 spiro atoms. The van der Waals surface area contributed by atoms with Gasteiger partial charge in [-0.3, -0.25) is 9.20 Å². The van der Waals surface area contributed by atoms with Crippen LogP contribution in [-0.2, 0) is 10.2 Å². The molecule has 1 amide bonds. The minimum absolute atomic E-state index is 0.0640. The summed E-state index contributed by atoms with van der Waals surface area (Å²) in [5.41, 5.74) is 1.65. The van der Waals surface area contributed by atoms with Crippen molar-refractivity contribution in [1.82, 2.24) is 29.0 Å². The molecule has 10 nitrogen and oxygen atoms in total. The fourth-order valence-corrected chi connectivity index (χ4v) is 4.91. The van der Waals surface area contributed by atoms with E-state index in [0.717, 1.165) is 24.7 Å². The first-order chi connectivity index (χ1) is 15.7. The van der Waals surface area contributed by atoms with E-state index in [4.69, 9.17) is 14.5 Å². The van der Waals surface area contributed by atoms with Crippen LogP contribution in [0.25, 0.3) is 11.4 Å². The molecule has 7 rings (SSSR count). The highest BCUT2D eigenvalue weighted by molar-refractivity contribution is 6.07. The third-order valence-corrected chi connectivity index (χ3v) is 6.24. The largest absolute Gasteiger partial charge is 0.474 e. The molecule has 0 aromatic carbocycles. The minimum atomic E-state index is -0.527. The molecule has 3 fully saturated rings. The summed E-state index contributed by atoms with van der Waals surface area (Å²) < 4.78 is 28.2. The van der Waals surface area contributed by atoms with E-state index in [2.05, 4.69) is 27.3 Å². The Labute approximate surface area is 187 Å². The number of hydrogen-bond acceptors (Lipinski definition) is 7. The Kier molecular flexibility index (Phi) is 4.07. The molecule has 2 saturated heterocycles. The van der Waals surface area contributed by atoms with Crippen molar-refractivity contribution < 1.29 is 18.7 Å². The highest BCUT2D eigenvalue weighted by Gasteiger charge is 2.61. The van der Waals surface area contributed by atoms with Crippen molar-refractivity contribution in [2.24, 2.45) is 0 Å². The first-order valence-electron chi connectivity index (χ1n) is 10.7. The number of carbonyl (C=O) groups is 1. The number of ether oxygens (including phenoxy) is 2. The molecule has 0 atom stereocenters. The van der Waals surface area contributed by atoms with E-state index in [-0.39, 0.29) is 28.6 Å². The zero-order valence-corrected chi connectivity index (χ0v) is 18.4. The molecule has 11 heteroatoms. The van der Waals surface area contributed by atoms with Crippen LogP contribution >= 0.6 is 0 Å². The van der Waals surface area contributed by atoms with E-state index < -0.39 is 11.7 Å². The highest BCUT2D eigenvalue weighted by atomic mass is 19.1. The topological polar surface area (TPSA) is 108 Å². The lowest BCUT2D eigenvalue weighted by Crippen LogP contribution is -2.45. The second-order valence-corrected chi connectivity index (χ2v) is 9.38. The first kappa shape index (κ1) is 20.0. The number of rotatable bonds is 5. The summed E-state index contributed by atoms with van der Waals surface area (Å²) >= 11 is 0. The van der Waals surface area contributed by atoms with Crippen LogP contribution in [0.3, 0.4) is 0 Å². The second kappa shape index (κ2) is 6.70. The number of halogens is 1. The van der Waals surface area contributed by atoms with Crippen molar-refractivity contribution in [1.29, 1.82) is 0 Å². The Hall–Kier alpha value is -3.60. The van der Waals surface area contributed by atoms with Gasteiger partial charge in [0.05, 0.1) is 42.6 Å². The molecule has 1 aliphatic carbocycles. The van der Waals surface area contributed by atoms with Gasteiger partial charge in [-0.2, -0.15) is 10.1 Å². The molecule has 4 aromatic heterocycles. The molecule has 0 unspecified atom stereocenters.